The molecular weight excluding hydrogens is 266 g/mol. The number of hydrogen-bond acceptors (Lipinski definition) is 6. The van der Waals surface area contributed by atoms with Gasteiger partial charge in [0.05, 0.1) is 24.0 Å². The quantitative estimate of drug-likeness (QED) is 0.679. The van der Waals surface area contributed by atoms with Crippen LogP contribution >= 0.6 is 11.5 Å². The van der Waals surface area contributed by atoms with Crippen molar-refractivity contribution in [3.8, 4) is 0 Å². The molecule has 3 aromatic rings. The fourth-order valence-electron chi connectivity index (χ4n) is 1.83. The van der Waals surface area contributed by atoms with Crippen LogP contribution in [0.2, 0.25) is 0 Å². The highest BCUT2D eigenvalue weighted by molar-refractivity contribution is 7.12. The van der Waals surface area contributed by atoms with Gasteiger partial charge < -0.3 is 4.42 Å². The van der Waals surface area contributed by atoms with Crippen LogP contribution in [0.15, 0.2) is 27.7 Å². The monoisotopic (exact) mass is 275 g/mol. The van der Waals surface area contributed by atoms with Crippen molar-refractivity contribution in [1.29, 1.82) is 0 Å². The highest BCUT2D eigenvalue weighted by Gasteiger charge is 2.11. The largest absolute Gasteiger partial charge is 0.456 e. The lowest BCUT2D eigenvalue weighted by atomic mass is 10.3. The molecule has 3 heterocycles. The molecule has 0 bridgehead atoms. The Labute approximate surface area is 111 Å². The number of carbonyl (C=O) groups is 1. The van der Waals surface area contributed by atoms with Crippen LogP contribution in [0.5, 0.6) is 0 Å². The summed E-state index contributed by atoms with van der Waals surface area (Å²) in [7, 11) is 0. The first-order valence-electron chi connectivity index (χ1n) is 5.54. The van der Waals surface area contributed by atoms with Crippen LogP contribution in [0.1, 0.15) is 22.0 Å². The molecule has 0 atom stereocenters. The topological polar surface area (TPSA) is 78.0 Å². The SMILES string of the molecule is Cc1nsc2ncn(Cc3ccc(C=O)o3)c(=O)c12. The van der Waals surface area contributed by atoms with Gasteiger partial charge in [-0.2, -0.15) is 4.37 Å². The molecule has 7 heteroatoms. The molecule has 0 spiro atoms. The number of carbonyl (C=O) groups excluding carboxylic acids is 1. The first-order chi connectivity index (χ1) is 9.19. The number of furan rings is 1. The molecule has 0 aliphatic rings. The minimum atomic E-state index is -0.152. The smallest absolute Gasteiger partial charge is 0.264 e. The van der Waals surface area contributed by atoms with E-state index >= 15 is 0 Å². The van der Waals surface area contributed by atoms with Crippen LogP contribution in [-0.4, -0.2) is 20.2 Å². The van der Waals surface area contributed by atoms with E-state index in [2.05, 4.69) is 9.36 Å². The van der Waals surface area contributed by atoms with Crippen molar-refractivity contribution in [2.24, 2.45) is 0 Å². The third kappa shape index (κ3) is 1.97. The number of nitrogens with zero attached hydrogens (tertiary/aromatic N) is 3. The van der Waals surface area contributed by atoms with E-state index in [4.69, 9.17) is 4.42 Å². The van der Waals surface area contributed by atoms with Crippen molar-refractivity contribution in [2.45, 2.75) is 13.5 Å². The first kappa shape index (κ1) is 11.8. The van der Waals surface area contributed by atoms with Gasteiger partial charge in [0.2, 0.25) is 0 Å². The van der Waals surface area contributed by atoms with E-state index in [1.807, 2.05) is 0 Å². The summed E-state index contributed by atoms with van der Waals surface area (Å²) in [5, 5.41) is 0.537. The zero-order chi connectivity index (χ0) is 13.4. The fourth-order valence-corrected chi connectivity index (χ4v) is 2.57. The lowest BCUT2D eigenvalue weighted by Gasteiger charge is -2.02. The van der Waals surface area contributed by atoms with Gasteiger partial charge in [-0.3, -0.25) is 14.2 Å². The maximum Gasteiger partial charge on any atom is 0.264 e. The van der Waals surface area contributed by atoms with Crippen molar-refractivity contribution >= 4 is 28.0 Å². The number of fused-ring (bicyclic) bond motifs is 1. The molecule has 0 radical (unpaired) electrons. The fraction of sp³-hybridized carbons (Fsp3) is 0.167. The molecule has 0 aromatic carbocycles. The number of aldehydes is 1. The van der Waals surface area contributed by atoms with E-state index in [0.29, 0.717) is 28.0 Å². The molecule has 6 nitrogen and oxygen atoms in total. The summed E-state index contributed by atoms with van der Waals surface area (Å²) in [6, 6.07) is 3.23. The van der Waals surface area contributed by atoms with Crippen molar-refractivity contribution < 1.29 is 9.21 Å². The molecular formula is C12H9N3O3S. The molecule has 0 N–H and O–H groups in total. The Kier molecular flexibility index (Phi) is 2.75. The van der Waals surface area contributed by atoms with Crippen LogP contribution < -0.4 is 5.56 Å². The third-order valence-electron chi connectivity index (χ3n) is 2.76. The van der Waals surface area contributed by atoms with E-state index in [-0.39, 0.29) is 17.9 Å². The molecule has 0 aliphatic carbocycles. The lowest BCUT2D eigenvalue weighted by molar-refractivity contribution is 0.109. The van der Waals surface area contributed by atoms with Crippen molar-refractivity contribution in [2.75, 3.05) is 0 Å². The molecule has 0 aliphatic heterocycles. The van der Waals surface area contributed by atoms with Crippen LogP contribution in [0.4, 0.5) is 0 Å². The van der Waals surface area contributed by atoms with E-state index in [9.17, 15) is 9.59 Å². The van der Waals surface area contributed by atoms with Gasteiger partial charge in [0.15, 0.2) is 16.9 Å². The summed E-state index contributed by atoms with van der Waals surface area (Å²) in [6.45, 7) is 2.02. The van der Waals surface area contributed by atoms with Gasteiger partial charge in [0.25, 0.3) is 5.56 Å². The molecule has 0 amide bonds. The molecule has 3 aromatic heterocycles. The normalized spacial score (nSPS) is 11.0. The van der Waals surface area contributed by atoms with Crippen molar-refractivity contribution in [3.63, 3.8) is 0 Å². The zero-order valence-corrected chi connectivity index (χ0v) is 10.8. The van der Waals surface area contributed by atoms with Crippen LogP contribution in [0.3, 0.4) is 0 Å². The molecule has 3 rings (SSSR count). The predicted octanol–water partition coefficient (Wildman–Crippen LogP) is 1.62. The number of aromatic nitrogens is 3. The molecule has 0 unspecified atom stereocenters. The van der Waals surface area contributed by atoms with Crippen molar-refractivity contribution in [3.05, 3.63) is 46.0 Å². The Morgan fingerprint density at radius 1 is 1.47 bits per heavy atom. The average Bonchev–Trinajstić information content (AvgIpc) is 3.00. The minimum absolute atomic E-state index is 0.152. The van der Waals surface area contributed by atoms with Gasteiger partial charge in [-0.1, -0.05) is 0 Å². The Bertz CT molecular complexity index is 815. The Balaban J connectivity index is 2.05. The van der Waals surface area contributed by atoms with E-state index in [1.165, 1.54) is 22.4 Å². The number of rotatable bonds is 3. The molecule has 96 valence electrons. The average molecular weight is 275 g/mol. The summed E-state index contributed by atoms with van der Waals surface area (Å²) in [5.74, 6) is 0.775. The Hall–Kier alpha value is -2.28. The summed E-state index contributed by atoms with van der Waals surface area (Å²) >= 11 is 1.21. The van der Waals surface area contributed by atoms with E-state index in [0.717, 1.165) is 0 Å². The van der Waals surface area contributed by atoms with E-state index in [1.54, 1.807) is 19.1 Å². The van der Waals surface area contributed by atoms with Crippen molar-refractivity contribution in [1.82, 2.24) is 13.9 Å². The first-order valence-corrected chi connectivity index (χ1v) is 6.31. The summed E-state index contributed by atoms with van der Waals surface area (Å²) < 4.78 is 10.8. The zero-order valence-electron chi connectivity index (χ0n) is 9.99. The van der Waals surface area contributed by atoms with E-state index < -0.39 is 0 Å². The van der Waals surface area contributed by atoms with Gasteiger partial charge >= 0.3 is 0 Å². The molecule has 19 heavy (non-hydrogen) atoms. The summed E-state index contributed by atoms with van der Waals surface area (Å²) in [4.78, 5) is 27.6. The maximum absolute atomic E-state index is 12.3. The maximum atomic E-state index is 12.3. The Morgan fingerprint density at radius 2 is 2.32 bits per heavy atom. The predicted molar refractivity (Wildman–Crippen MR) is 69.6 cm³/mol. The molecule has 0 saturated carbocycles. The van der Waals surface area contributed by atoms with Gasteiger partial charge in [-0.15, -0.1) is 0 Å². The second-order valence-electron chi connectivity index (χ2n) is 4.05. The Morgan fingerprint density at radius 3 is 3.05 bits per heavy atom. The number of aryl methyl sites for hydroxylation is 1. The van der Waals surface area contributed by atoms with Crippen LogP contribution in [0.25, 0.3) is 10.2 Å². The lowest BCUT2D eigenvalue weighted by Crippen LogP contribution is -2.20. The highest BCUT2D eigenvalue weighted by Crippen LogP contribution is 2.15. The van der Waals surface area contributed by atoms with Gasteiger partial charge in [0.1, 0.15) is 5.76 Å². The second-order valence-corrected chi connectivity index (χ2v) is 4.80. The summed E-state index contributed by atoms with van der Waals surface area (Å²) in [5.41, 5.74) is 0.528. The molecule has 0 fully saturated rings. The van der Waals surface area contributed by atoms with Crippen LogP contribution in [0, 0.1) is 6.92 Å². The number of hydrogen-bond donors (Lipinski definition) is 0. The second kappa shape index (κ2) is 4.43. The highest BCUT2D eigenvalue weighted by atomic mass is 32.1. The standard InChI is InChI=1S/C12H9N3O3S/c1-7-10-11(19-14-7)13-6-15(12(10)17)4-8-2-3-9(5-16)18-8/h2-3,5-6H,4H2,1H3. The van der Waals surface area contributed by atoms with Gasteiger partial charge in [0, 0.05) is 0 Å². The van der Waals surface area contributed by atoms with Gasteiger partial charge in [-0.05, 0) is 30.6 Å². The van der Waals surface area contributed by atoms with Gasteiger partial charge in [-0.25, -0.2) is 4.98 Å². The van der Waals surface area contributed by atoms with Crippen LogP contribution in [-0.2, 0) is 6.54 Å². The summed E-state index contributed by atoms with van der Waals surface area (Å²) in [6.07, 6.45) is 2.09. The molecule has 0 saturated heterocycles. The third-order valence-corrected chi connectivity index (χ3v) is 3.61. The minimum Gasteiger partial charge on any atom is -0.456 e.